The zero-order valence-corrected chi connectivity index (χ0v) is 14.2. The highest BCUT2D eigenvalue weighted by atomic mass is 32.1. The van der Waals surface area contributed by atoms with E-state index in [1.165, 1.54) is 36.7 Å². The molecule has 0 bridgehead atoms. The van der Waals surface area contributed by atoms with E-state index in [0.29, 0.717) is 22.3 Å². The first kappa shape index (κ1) is 16.4. The van der Waals surface area contributed by atoms with Crippen molar-refractivity contribution < 1.29 is 13.2 Å². The number of fused-ring (bicyclic) bond motifs is 1. The summed E-state index contributed by atoms with van der Waals surface area (Å²) in [4.78, 5) is 4.97. The van der Waals surface area contributed by atoms with Gasteiger partial charge in [-0.15, -0.1) is 5.10 Å². The molecule has 0 radical (unpaired) electrons. The molecule has 1 saturated carbocycles. The lowest BCUT2D eigenvalue weighted by atomic mass is 9.96. The highest BCUT2D eigenvalue weighted by molar-refractivity contribution is 7.20. The molecule has 8 heteroatoms. The van der Waals surface area contributed by atoms with E-state index in [1.54, 1.807) is 16.8 Å². The van der Waals surface area contributed by atoms with E-state index in [-0.39, 0.29) is 0 Å². The molecule has 0 unspecified atom stereocenters. The molecule has 3 aromatic rings. The summed E-state index contributed by atoms with van der Waals surface area (Å²) in [6.07, 6.45) is 3.17. The number of halogens is 3. The van der Waals surface area contributed by atoms with Gasteiger partial charge in [-0.25, -0.2) is 9.50 Å². The van der Waals surface area contributed by atoms with Gasteiger partial charge in [0, 0.05) is 11.6 Å². The van der Waals surface area contributed by atoms with Gasteiger partial charge < -0.3 is 5.32 Å². The van der Waals surface area contributed by atoms with Crippen molar-refractivity contribution in [1.29, 1.82) is 0 Å². The number of rotatable bonds is 3. The van der Waals surface area contributed by atoms with Gasteiger partial charge in [0.15, 0.2) is 0 Å². The molecular weight excluding hydrogens is 349 g/mol. The summed E-state index contributed by atoms with van der Waals surface area (Å²) in [6, 6.07) is 5.68. The van der Waals surface area contributed by atoms with Gasteiger partial charge in [-0.2, -0.15) is 13.2 Å². The first-order valence-corrected chi connectivity index (χ1v) is 9.11. The summed E-state index contributed by atoms with van der Waals surface area (Å²) in [5, 5.41) is 8.72. The van der Waals surface area contributed by atoms with Crippen LogP contribution in [-0.4, -0.2) is 20.6 Å². The Bertz CT molecular complexity index is 878. The van der Waals surface area contributed by atoms with Crippen LogP contribution < -0.4 is 5.32 Å². The van der Waals surface area contributed by atoms with Crippen LogP contribution in [0, 0.1) is 0 Å². The Morgan fingerprint density at radius 3 is 2.72 bits per heavy atom. The van der Waals surface area contributed by atoms with Crippen molar-refractivity contribution in [2.75, 3.05) is 5.32 Å². The van der Waals surface area contributed by atoms with Crippen molar-refractivity contribution in [3.63, 3.8) is 0 Å². The highest BCUT2D eigenvalue weighted by Crippen LogP contribution is 2.33. The molecule has 132 valence electrons. The van der Waals surface area contributed by atoms with E-state index < -0.39 is 11.7 Å². The van der Waals surface area contributed by atoms with Crippen LogP contribution in [0.15, 0.2) is 30.5 Å². The van der Waals surface area contributed by atoms with Crippen molar-refractivity contribution in [3.8, 4) is 11.3 Å². The van der Waals surface area contributed by atoms with Crippen LogP contribution >= 0.6 is 11.3 Å². The number of imidazole rings is 1. The Morgan fingerprint density at radius 1 is 1.16 bits per heavy atom. The summed E-state index contributed by atoms with van der Waals surface area (Å²) >= 11 is 1.42. The quantitative estimate of drug-likeness (QED) is 0.691. The lowest BCUT2D eigenvalue weighted by Gasteiger charge is -2.21. The fraction of sp³-hybridized carbons (Fsp3) is 0.412. The van der Waals surface area contributed by atoms with Gasteiger partial charge in [-0.3, -0.25) is 0 Å². The summed E-state index contributed by atoms with van der Waals surface area (Å²) in [7, 11) is 0. The minimum atomic E-state index is -4.37. The number of nitrogens with zero attached hydrogens (tertiary/aromatic N) is 3. The number of benzene rings is 1. The first-order chi connectivity index (χ1) is 12.0. The second-order valence-corrected chi connectivity index (χ2v) is 7.26. The van der Waals surface area contributed by atoms with Gasteiger partial charge in [0.25, 0.3) is 0 Å². The monoisotopic (exact) mass is 366 g/mol. The lowest BCUT2D eigenvalue weighted by Crippen LogP contribution is -2.22. The van der Waals surface area contributed by atoms with Crippen molar-refractivity contribution in [3.05, 3.63) is 36.0 Å². The number of aromatic nitrogens is 3. The third kappa shape index (κ3) is 3.35. The van der Waals surface area contributed by atoms with Crippen LogP contribution in [0.25, 0.3) is 16.2 Å². The zero-order chi connectivity index (χ0) is 17.4. The highest BCUT2D eigenvalue weighted by Gasteiger charge is 2.30. The summed E-state index contributed by atoms with van der Waals surface area (Å²) in [5.74, 6) is 0. The van der Waals surface area contributed by atoms with Gasteiger partial charge in [0.2, 0.25) is 10.1 Å². The predicted molar refractivity (Wildman–Crippen MR) is 91.8 cm³/mol. The van der Waals surface area contributed by atoms with Gasteiger partial charge in [0.05, 0.1) is 17.5 Å². The topological polar surface area (TPSA) is 42.2 Å². The molecule has 4 nitrogen and oxygen atoms in total. The Morgan fingerprint density at radius 2 is 1.96 bits per heavy atom. The number of hydrogen-bond acceptors (Lipinski definition) is 4. The van der Waals surface area contributed by atoms with Crippen molar-refractivity contribution in [1.82, 2.24) is 14.6 Å². The molecule has 0 amide bonds. The number of alkyl halides is 3. The SMILES string of the molecule is FC(F)(F)c1cccc(-c2cnc3sc(NC4CCCCC4)nn23)c1. The second kappa shape index (κ2) is 6.33. The van der Waals surface area contributed by atoms with Gasteiger partial charge in [-0.1, -0.05) is 42.7 Å². The molecule has 2 aromatic heterocycles. The Labute approximate surface area is 146 Å². The molecule has 1 fully saturated rings. The van der Waals surface area contributed by atoms with E-state index >= 15 is 0 Å². The molecule has 0 aliphatic heterocycles. The predicted octanol–water partition coefficient (Wildman–Crippen LogP) is 5.22. The van der Waals surface area contributed by atoms with E-state index in [1.807, 2.05) is 0 Å². The zero-order valence-electron chi connectivity index (χ0n) is 13.4. The molecule has 25 heavy (non-hydrogen) atoms. The van der Waals surface area contributed by atoms with Crippen molar-refractivity contribution in [2.45, 2.75) is 44.3 Å². The summed E-state index contributed by atoms with van der Waals surface area (Å²) in [5.41, 5.74) is 0.349. The number of anilines is 1. The van der Waals surface area contributed by atoms with E-state index in [4.69, 9.17) is 0 Å². The maximum atomic E-state index is 12.9. The molecule has 0 saturated heterocycles. The molecule has 0 spiro atoms. The van der Waals surface area contributed by atoms with Crippen LogP contribution in [0.3, 0.4) is 0 Å². The van der Waals surface area contributed by atoms with Crippen LogP contribution in [0.1, 0.15) is 37.7 Å². The summed E-state index contributed by atoms with van der Waals surface area (Å²) < 4.78 is 40.4. The molecule has 1 N–H and O–H groups in total. The number of nitrogens with one attached hydrogen (secondary N) is 1. The molecule has 1 aliphatic carbocycles. The standard InChI is InChI=1S/C17H17F3N4S/c18-17(19,20)12-6-4-5-11(9-12)14-10-21-16-24(14)23-15(25-16)22-13-7-2-1-3-8-13/h4-6,9-10,13H,1-3,7-8H2,(H,22,23). The van der Waals surface area contributed by atoms with Crippen LogP contribution in [0.2, 0.25) is 0 Å². The minimum absolute atomic E-state index is 0.418. The van der Waals surface area contributed by atoms with Crippen molar-refractivity contribution >= 4 is 21.4 Å². The molecular formula is C17H17F3N4S. The number of hydrogen-bond donors (Lipinski definition) is 1. The fourth-order valence-electron chi connectivity index (χ4n) is 3.22. The molecule has 1 aromatic carbocycles. The average molecular weight is 366 g/mol. The molecule has 0 atom stereocenters. The van der Waals surface area contributed by atoms with Crippen molar-refractivity contribution in [2.24, 2.45) is 0 Å². The van der Waals surface area contributed by atoms with E-state index in [2.05, 4.69) is 15.4 Å². The minimum Gasteiger partial charge on any atom is -0.357 e. The van der Waals surface area contributed by atoms with E-state index in [0.717, 1.165) is 30.1 Å². The van der Waals surface area contributed by atoms with Gasteiger partial charge in [-0.05, 0) is 25.0 Å². The Kier molecular flexibility index (Phi) is 4.15. The normalized spacial score (nSPS) is 16.4. The maximum absolute atomic E-state index is 12.9. The largest absolute Gasteiger partial charge is 0.416 e. The fourth-order valence-corrected chi connectivity index (χ4v) is 4.08. The van der Waals surface area contributed by atoms with Crippen LogP contribution in [0.4, 0.5) is 18.3 Å². The lowest BCUT2D eigenvalue weighted by molar-refractivity contribution is -0.137. The Hall–Kier alpha value is -2.09. The molecule has 1 aliphatic rings. The van der Waals surface area contributed by atoms with Crippen LogP contribution in [-0.2, 0) is 6.18 Å². The Balaban J connectivity index is 1.64. The third-order valence-corrected chi connectivity index (χ3v) is 5.36. The third-order valence-electron chi connectivity index (χ3n) is 4.50. The summed E-state index contributed by atoms with van der Waals surface area (Å²) in [6.45, 7) is 0. The molecule has 4 rings (SSSR count). The maximum Gasteiger partial charge on any atom is 0.416 e. The van der Waals surface area contributed by atoms with Gasteiger partial charge in [0.1, 0.15) is 0 Å². The average Bonchev–Trinajstić information content (AvgIpc) is 3.15. The second-order valence-electron chi connectivity index (χ2n) is 6.30. The smallest absolute Gasteiger partial charge is 0.357 e. The first-order valence-electron chi connectivity index (χ1n) is 8.29. The van der Waals surface area contributed by atoms with E-state index in [9.17, 15) is 13.2 Å². The molecule has 2 heterocycles. The van der Waals surface area contributed by atoms with Crippen LogP contribution in [0.5, 0.6) is 0 Å². The van der Waals surface area contributed by atoms with Gasteiger partial charge >= 0.3 is 6.18 Å².